The summed E-state index contributed by atoms with van der Waals surface area (Å²) >= 11 is -0.200. The molecule has 0 saturated carbocycles. The Kier molecular flexibility index (Phi) is 4.94. The van der Waals surface area contributed by atoms with Crippen LogP contribution in [0.1, 0.15) is 40.8 Å². The Labute approximate surface area is 102 Å². The van der Waals surface area contributed by atoms with E-state index in [2.05, 4.69) is 30.9 Å². The normalized spacial score (nSPS) is 10.9. The molecule has 2 heteroatoms. The summed E-state index contributed by atoms with van der Waals surface area (Å²) in [6.07, 6.45) is 3.79. The van der Waals surface area contributed by atoms with Crippen LogP contribution in [0.4, 0.5) is 0 Å². The fourth-order valence-electron chi connectivity index (χ4n) is 1.15. The van der Waals surface area contributed by atoms with E-state index in [1.54, 1.807) is 17.4 Å². The first kappa shape index (κ1) is 12.9. The Morgan fingerprint density at radius 1 is 1.40 bits per heavy atom. The van der Waals surface area contributed by atoms with Gasteiger partial charge in [-0.05, 0) is 0 Å². The maximum atomic E-state index is 9.48. The van der Waals surface area contributed by atoms with Crippen LogP contribution in [0.15, 0.2) is 12.1 Å². The van der Waals surface area contributed by atoms with E-state index in [-0.39, 0.29) is 20.4 Å². The molecule has 0 fully saturated rings. The minimum absolute atomic E-state index is 0.200. The van der Waals surface area contributed by atoms with Crippen molar-refractivity contribution in [2.45, 2.75) is 45.6 Å². The van der Waals surface area contributed by atoms with Crippen molar-refractivity contribution >= 4 is 20.4 Å². The van der Waals surface area contributed by atoms with E-state index in [4.69, 9.17) is 0 Å². The number of hydrogen-bond donors (Lipinski definition) is 1. The Morgan fingerprint density at radius 2 is 2.13 bits per heavy atom. The van der Waals surface area contributed by atoms with E-state index >= 15 is 0 Å². The van der Waals surface area contributed by atoms with Gasteiger partial charge in [0.25, 0.3) is 0 Å². The molecule has 1 rings (SSSR count). The van der Waals surface area contributed by atoms with Gasteiger partial charge in [0.1, 0.15) is 0 Å². The first-order valence-electron chi connectivity index (χ1n) is 5.35. The summed E-state index contributed by atoms with van der Waals surface area (Å²) < 4.78 is 2.86. The van der Waals surface area contributed by atoms with E-state index in [1.807, 2.05) is 0 Å². The molecular formula is C13H18OTe. The monoisotopic (exact) mass is 320 g/mol. The fraction of sp³-hybridized carbons (Fsp3) is 0.538. The quantitative estimate of drug-likeness (QED) is 0.669. The summed E-state index contributed by atoms with van der Waals surface area (Å²) in [4.78, 5) is 0. The number of aliphatic hydroxyl groups is 1. The zero-order valence-electron chi connectivity index (χ0n) is 9.63. The average molecular weight is 318 g/mol. The third-order valence-electron chi connectivity index (χ3n) is 1.93. The number of hydrogen-bond acceptors (Lipinski definition) is 1. The summed E-state index contributed by atoms with van der Waals surface area (Å²) in [5.41, 5.74) is -0.861. The molecular weight excluding hydrogens is 300 g/mol. The van der Waals surface area contributed by atoms with E-state index in [0.29, 0.717) is 0 Å². The molecule has 15 heavy (non-hydrogen) atoms. The fourth-order valence-corrected chi connectivity index (χ4v) is 3.72. The molecule has 0 spiro atoms. The molecule has 1 aromatic rings. The molecule has 0 aromatic carbocycles. The molecule has 1 heterocycles. The summed E-state index contributed by atoms with van der Waals surface area (Å²) in [6.45, 7) is 5.67. The minimum atomic E-state index is -0.861. The second-order valence-electron chi connectivity index (χ2n) is 4.18. The van der Waals surface area contributed by atoms with Crippen molar-refractivity contribution in [3.05, 3.63) is 19.3 Å². The Morgan fingerprint density at radius 3 is 2.73 bits per heavy atom. The number of aryl methyl sites for hydroxylation is 1. The first-order chi connectivity index (χ1) is 7.01. The number of unbranched alkanes of at least 4 members (excludes halogenated alkanes) is 1. The summed E-state index contributed by atoms with van der Waals surface area (Å²) in [6, 6.07) is 4.36. The van der Waals surface area contributed by atoms with Crippen molar-refractivity contribution in [1.82, 2.24) is 0 Å². The Balaban J connectivity index is 2.63. The third-order valence-corrected chi connectivity index (χ3v) is 4.96. The second-order valence-corrected chi connectivity index (χ2v) is 7.51. The zero-order chi connectivity index (χ0) is 11.3. The molecule has 1 N–H and O–H groups in total. The molecule has 0 aliphatic carbocycles. The van der Waals surface area contributed by atoms with Gasteiger partial charge in [0.15, 0.2) is 0 Å². The van der Waals surface area contributed by atoms with Crippen molar-refractivity contribution in [3.63, 3.8) is 0 Å². The van der Waals surface area contributed by atoms with Crippen LogP contribution in [-0.2, 0) is 6.42 Å². The van der Waals surface area contributed by atoms with Crippen molar-refractivity contribution in [1.29, 1.82) is 0 Å². The van der Waals surface area contributed by atoms with Crippen molar-refractivity contribution in [2.75, 3.05) is 0 Å². The predicted molar refractivity (Wildman–Crippen MR) is 65.2 cm³/mol. The van der Waals surface area contributed by atoms with Gasteiger partial charge < -0.3 is 0 Å². The van der Waals surface area contributed by atoms with E-state index in [9.17, 15) is 5.11 Å². The predicted octanol–water partition coefficient (Wildman–Crippen LogP) is 2.21. The Bertz CT molecular complexity index is 360. The zero-order valence-corrected chi connectivity index (χ0v) is 12.0. The van der Waals surface area contributed by atoms with Gasteiger partial charge in [0.2, 0.25) is 0 Å². The molecule has 0 aliphatic rings. The van der Waals surface area contributed by atoms with Gasteiger partial charge in [0, 0.05) is 0 Å². The van der Waals surface area contributed by atoms with Crippen LogP contribution in [0.2, 0.25) is 0 Å². The third kappa shape index (κ3) is 5.43. The average Bonchev–Trinajstić information content (AvgIpc) is 2.58. The van der Waals surface area contributed by atoms with Crippen LogP contribution in [0.25, 0.3) is 0 Å². The van der Waals surface area contributed by atoms with Crippen molar-refractivity contribution < 1.29 is 5.11 Å². The molecule has 0 radical (unpaired) electrons. The van der Waals surface area contributed by atoms with E-state index < -0.39 is 5.60 Å². The van der Waals surface area contributed by atoms with Gasteiger partial charge >= 0.3 is 102 Å². The van der Waals surface area contributed by atoms with Gasteiger partial charge in [-0.2, -0.15) is 0 Å². The topological polar surface area (TPSA) is 20.2 Å². The first-order valence-corrected chi connectivity index (χ1v) is 7.68. The maximum absolute atomic E-state index is 9.48. The standard InChI is InChI=1S/C13H18OTe/c1-4-5-6-11-7-8-12(15-11)9-10-13(2,3)14/h7-8,14H,4-6H2,1-3H3. The molecule has 82 valence electrons. The Hall–Kier alpha value is -0.210. The van der Waals surface area contributed by atoms with Crippen molar-refractivity contribution in [3.8, 4) is 11.8 Å². The SMILES string of the molecule is CCCCc1ccc(C#CC(C)(C)O)[te]1. The van der Waals surface area contributed by atoms with Crippen LogP contribution in [0, 0.1) is 11.8 Å². The van der Waals surface area contributed by atoms with Crippen molar-refractivity contribution in [2.24, 2.45) is 0 Å². The molecule has 1 nitrogen and oxygen atoms in total. The summed E-state index contributed by atoms with van der Waals surface area (Å²) in [5, 5.41) is 9.48. The van der Waals surface area contributed by atoms with Crippen LogP contribution in [0.5, 0.6) is 0 Å². The molecule has 0 aliphatic heterocycles. The molecule has 0 amide bonds. The number of rotatable bonds is 3. The van der Waals surface area contributed by atoms with Gasteiger partial charge in [-0.1, -0.05) is 0 Å². The van der Waals surface area contributed by atoms with Crippen LogP contribution in [-0.4, -0.2) is 31.1 Å². The molecule has 0 unspecified atom stereocenters. The van der Waals surface area contributed by atoms with Gasteiger partial charge in [0.05, 0.1) is 0 Å². The molecule has 1 aromatic heterocycles. The van der Waals surface area contributed by atoms with Crippen LogP contribution in [0.3, 0.4) is 0 Å². The van der Waals surface area contributed by atoms with E-state index in [0.717, 1.165) is 0 Å². The molecule has 0 atom stereocenters. The summed E-state index contributed by atoms with van der Waals surface area (Å²) in [5.74, 6) is 5.97. The van der Waals surface area contributed by atoms with Crippen LogP contribution >= 0.6 is 0 Å². The molecule has 0 bridgehead atoms. The van der Waals surface area contributed by atoms with Gasteiger partial charge in [-0.3, -0.25) is 0 Å². The second kappa shape index (κ2) is 5.76. The molecule has 0 saturated heterocycles. The van der Waals surface area contributed by atoms with E-state index in [1.165, 1.54) is 22.8 Å². The summed E-state index contributed by atoms with van der Waals surface area (Å²) in [7, 11) is 0. The van der Waals surface area contributed by atoms with Gasteiger partial charge in [-0.15, -0.1) is 0 Å². The van der Waals surface area contributed by atoms with Gasteiger partial charge in [-0.25, -0.2) is 0 Å². The van der Waals surface area contributed by atoms with Crippen LogP contribution < -0.4 is 0 Å².